The number of amides is 1. The molecule has 0 aliphatic heterocycles. The molecule has 0 radical (unpaired) electrons. The Morgan fingerprint density at radius 3 is 2.57 bits per heavy atom. The fourth-order valence-corrected chi connectivity index (χ4v) is 2.59. The smallest absolute Gasteiger partial charge is 0.416 e. The maximum absolute atomic E-state index is 12.9. The molecule has 1 atom stereocenters. The highest BCUT2D eigenvalue weighted by molar-refractivity contribution is 5.95. The van der Waals surface area contributed by atoms with E-state index in [1.165, 1.54) is 19.2 Å². The van der Waals surface area contributed by atoms with Crippen molar-refractivity contribution in [2.75, 3.05) is 12.4 Å². The first-order valence-corrected chi connectivity index (χ1v) is 8.16. The predicted octanol–water partition coefficient (Wildman–Crippen LogP) is 2.82. The van der Waals surface area contributed by atoms with Crippen LogP contribution in [0.25, 0.3) is 0 Å². The molecule has 3 rings (SSSR count). The maximum Gasteiger partial charge on any atom is 0.416 e. The van der Waals surface area contributed by atoms with Crippen molar-refractivity contribution in [1.29, 1.82) is 0 Å². The van der Waals surface area contributed by atoms with Crippen LogP contribution in [0.1, 0.15) is 22.9 Å². The summed E-state index contributed by atoms with van der Waals surface area (Å²) in [5.74, 6) is -0.704. The number of carbonyl (C=O) groups is 1. The highest BCUT2D eigenvalue weighted by Crippen LogP contribution is 2.31. The molecule has 28 heavy (non-hydrogen) atoms. The van der Waals surface area contributed by atoms with Gasteiger partial charge in [0.05, 0.1) is 18.6 Å². The number of methoxy groups -OCH3 is 1. The van der Waals surface area contributed by atoms with E-state index in [0.717, 1.165) is 17.7 Å². The van der Waals surface area contributed by atoms with Gasteiger partial charge in [-0.3, -0.25) is 15.1 Å². The Bertz CT molecular complexity index is 927. The summed E-state index contributed by atoms with van der Waals surface area (Å²) in [5.41, 5.74) is -0.0493. The van der Waals surface area contributed by atoms with Gasteiger partial charge in [0.1, 0.15) is 5.75 Å². The molecule has 2 aromatic carbocycles. The number of rotatable bonds is 6. The van der Waals surface area contributed by atoms with Gasteiger partial charge in [-0.05, 0) is 42.3 Å². The summed E-state index contributed by atoms with van der Waals surface area (Å²) in [4.78, 5) is 12.7. The van der Waals surface area contributed by atoms with Crippen LogP contribution in [0.2, 0.25) is 0 Å². The summed E-state index contributed by atoms with van der Waals surface area (Å²) in [7, 11) is 1.54. The second-order valence-corrected chi connectivity index (χ2v) is 5.91. The third kappa shape index (κ3) is 4.64. The average Bonchev–Trinajstić information content (AvgIpc) is 3.20. The zero-order valence-corrected chi connectivity index (χ0v) is 14.6. The molecule has 1 heterocycles. The van der Waals surface area contributed by atoms with Crippen molar-refractivity contribution >= 4 is 11.6 Å². The molecule has 10 heteroatoms. The van der Waals surface area contributed by atoms with E-state index in [4.69, 9.17) is 4.74 Å². The second-order valence-electron chi connectivity index (χ2n) is 5.91. The quantitative estimate of drug-likeness (QED) is 0.696. The highest BCUT2D eigenvalue weighted by Gasteiger charge is 2.30. The van der Waals surface area contributed by atoms with Crippen molar-refractivity contribution < 1.29 is 22.7 Å². The van der Waals surface area contributed by atoms with Crippen LogP contribution in [-0.4, -0.2) is 28.5 Å². The number of nitrogens with zero attached hydrogens (tertiary/aromatic N) is 4. The van der Waals surface area contributed by atoms with Gasteiger partial charge in [0.2, 0.25) is 5.91 Å². The number of carbonyl (C=O) groups excluding carboxylic acids is 1. The summed E-state index contributed by atoms with van der Waals surface area (Å²) >= 11 is 0. The number of anilines is 1. The molecule has 3 aromatic rings. The Morgan fingerprint density at radius 2 is 1.96 bits per heavy atom. The van der Waals surface area contributed by atoms with Gasteiger partial charge in [-0.15, -0.1) is 0 Å². The van der Waals surface area contributed by atoms with Crippen molar-refractivity contribution in [2.24, 2.45) is 0 Å². The number of hydrogen-bond acceptors (Lipinski definition) is 5. The Hall–Kier alpha value is -3.43. The monoisotopic (exact) mass is 390 g/mol. The standard InChI is InChI=1S/C18H16F3N5O2/c1-28-14-7-5-11(6-8-14)9-15(16-23-25-26-24-16)17(27)22-13-4-2-3-12(10-13)18(19,20)21/h2-8,10,15H,9H2,1H3,(H2,22,23,24,25,26,27)/p-1/t15-/m1/s1. The number of benzene rings is 2. The Morgan fingerprint density at radius 1 is 1.21 bits per heavy atom. The topological polar surface area (TPSA) is 91.1 Å². The number of alkyl halides is 3. The van der Waals surface area contributed by atoms with Crippen LogP contribution in [0.15, 0.2) is 48.5 Å². The molecule has 7 nitrogen and oxygen atoms in total. The van der Waals surface area contributed by atoms with Gasteiger partial charge in [0.25, 0.3) is 0 Å². The van der Waals surface area contributed by atoms with Crippen molar-refractivity contribution in [2.45, 2.75) is 18.5 Å². The van der Waals surface area contributed by atoms with Crippen LogP contribution in [0.5, 0.6) is 5.75 Å². The molecule has 0 bridgehead atoms. The normalized spacial score (nSPS) is 12.4. The largest absolute Gasteiger partial charge is 0.497 e. The summed E-state index contributed by atoms with van der Waals surface area (Å²) in [6.45, 7) is 0. The third-order valence-electron chi connectivity index (χ3n) is 4.02. The van der Waals surface area contributed by atoms with E-state index >= 15 is 0 Å². The molecule has 0 aliphatic carbocycles. The molecular formula is C18H15F3N5O2-. The lowest BCUT2D eigenvalue weighted by Gasteiger charge is -2.18. The van der Waals surface area contributed by atoms with Crippen LogP contribution >= 0.6 is 0 Å². The number of tetrazole rings is 1. The van der Waals surface area contributed by atoms with Crippen LogP contribution < -0.4 is 15.2 Å². The number of ether oxygens (including phenoxy) is 1. The molecular weight excluding hydrogens is 375 g/mol. The lowest BCUT2D eigenvalue weighted by molar-refractivity contribution is -0.137. The number of halogens is 3. The zero-order chi connectivity index (χ0) is 20.1. The van der Waals surface area contributed by atoms with Gasteiger partial charge in [-0.25, -0.2) is 0 Å². The molecule has 0 unspecified atom stereocenters. The number of hydrogen-bond donors (Lipinski definition) is 1. The highest BCUT2D eigenvalue weighted by atomic mass is 19.4. The number of nitrogens with one attached hydrogen (secondary N) is 1. The molecule has 0 fully saturated rings. The second kappa shape index (κ2) is 8.07. The predicted molar refractivity (Wildman–Crippen MR) is 92.7 cm³/mol. The summed E-state index contributed by atoms with van der Waals surface area (Å²) in [6.07, 6.45) is -4.30. The Labute approximate surface area is 157 Å². The third-order valence-corrected chi connectivity index (χ3v) is 4.02. The van der Waals surface area contributed by atoms with Gasteiger partial charge in [0.15, 0.2) is 0 Å². The van der Waals surface area contributed by atoms with Crippen LogP contribution in [0, 0.1) is 0 Å². The SMILES string of the molecule is COc1ccc(C[C@@H](C(=O)Nc2cccc(C(F)(F)F)c2)c2nnn[n-]2)cc1. The van der Waals surface area contributed by atoms with E-state index in [9.17, 15) is 18.0 Å². The first-order valence-electron chi connectivity index (χ1n) is 8.16. The minimum atomic E-state index is -4.51. The summed E-state index contributed by atoms with van der Waals surface area (Å²) < 4.78 is 43.7. The first-order chi connectivity index (χ1) is 13.4. The van der Waals surface area contributed by atoms with E-state index in [0.29, 0.717) is 5.75 Å². The average molecular weight is 390 g/mol. The van der Waals surface area contributed by atoms with E-state index in [2.05, 4.69) is 25.9 Å². The Kier molecular flexibility index (Phi) is 5.57. The van der Waals surface area contributed by atoms with E-state index in [1.54, 1.807) is 24.3 Å². The molecule has 0 aliphatic rings. The van der Waals surface area contributed by atoms with Crippen LogP contribution in [-0.2, 0) is 17.4 Å². The Balaban J connectivity index is 1.81. The molecule has 1 amide bonds. The minimum Gasteiger partial charge on any atom is -0.497 e. The number of aromatic nitrogens is 4. The van der Waals surface area contributed by atoms with Gasteiger partial charge in [-0.1, -0.05) is 18.2 Å². The van der Waals surface area contributed by atoms with Crippen molar-refractivity contribution in [3.63, 3.8) is 0 Å². The van der Waals surface area contributed by atoms with Crippen LogP contribution in [0.3, 0.4) is 0 Å². The molecule has 146 valence electrons. The van der Waals surface area contributed by atoms with Crippen molar-refractivity contribution in [3.8, 4) is 5.75 Å². The van der Waals surface area contributed by atoms with Gasteiger partial charge < -0.3 is 15.2 Å². The lowest BCUT2D eigenvalue weighted by atomic mass is 9.97. The van der Waals surface area contributed by atoms with Gasteiger partial charge >= 0.3 is 6.18 Å². The summed E-state index contributed by atoms with van der Waals surface area (Å²) in [5, 5.41) is 16.7. The van der Waals surface area contributed by atoms with Gasteiger partial charge in [0, 0.05) is 11.5 Å². The molecule has 1 N–H and O–H groups in total. The van der Waals surface area contributed by atoms with E-state index in [-0.39, 0.29) is 17.9 Å². The molecule has 0 spiro atoms. The molecule has 1 aromatic heterocycles. The van der Waals surface area contributed by atoms with Gasteiger partial charge in [-0.2, -0.15) is 18.4 Å². The zero-order valence-electron chi connectivity index (χ0n) is 14.6. The first kappa shape index (κ1) is 19.3. The van der Waals surface area contributed by atoms with Crippen molar-refractivity contribution in [3.05, 3.63) is 65.5 Å². The molecule has 0 saturated carbocycles. The lowest BCUT2D eigenvalue weighted by Crippen LogP contribution is -2.24. The molecule has 0 saturated heterocycles. The maximum atomic E-state index is 12.9. The summed E-state index contributed by atoms with van der Waals surface area (Å²) in [6, 6.07) is 11.4. The minimum absolute atomic E-state index is 0.0204. The van der Waals surface area contributed by atoms with Crippen molar-refractivity contribution in [1.82, 2.24) is 20.6 Å². The fraction of sp³-hybridized carbons (Fsp3) is 0.222. The van der Waals surface area contributed by atoms with E-state index < -0.39 is 23.6 Å². The fourth-order valence-electron chi connectivity index (χ4n) is 2.59. The van der Waals surface area contributed by atoms with E-state index in [1.807, 2.05) is 0 Å². The van der Waals surface area contributed by atoms with Crippen LogP contribution in [0.4, 0.5) is 18.9 Å².